The fourth-order valence-corrected chi connectivity index (χ4v) is 4.83. The summed E-state index contributed by atoms with van der Waals surface area (Å²) in [5.41, 5.74) is 5.65. The SMILES string of the molecule is CN1CC(c2ccc(CC(=O)c3cc(C#N)c[nH]3)c(C3=CCCCCC3)c2)CN(C)C1=O. The summed E-state index contributed by atoms with van der Waals surface area (Å²) in [6.45, 7) is 1.39. The van der Waals surface area contributed by atoms with Crippen molar-refractivity contribution in [2.24, 2.45) is 0 Å². The van der Waals surface area contributed by atoms with Crippen LogP contribution in [0.2, 0.25) is 0 Å². The van der Waals surface area contributed by atoms with Crippen molar-refractivity contribution in [3.8, 4) is 6.07 Å². The highest BCUT2D eigenvalue weighted by molar-refractivity contribution is 5.97. The minimum absolute atomic E-state index is 0.0162. The number of amides is 2. The Kier molecular flexibility index (Phi) is 6.45. The molecular formula is C26H30N4O2. The first kappa shape index (κ1) is 21.9. The third-order valence-electron chi connectivity index (χ3n) is 6.60. The molecule has 1 aliphatic heterocycles. The number of likely N-dealkylation sites (N-methyl/N-ethyl adjacent to an activating group) is 2. The summed E-state index contributed by atoms with van der Waals surface area (Å²) < 4.78 is 0. The van der Waals surface area contributed by atoms with Crippen LogP contribution < -0.4 is 0 Å². The molecule has 2 heterocycles. The average molecular weight is 431 g/mol. The molecule has 2 amide bonds. The molecule has 1 saturated heterocycles. The fraction of sp³-hybridized carbons (Fsp3) is 0.423. The molecule has 0 saturated carbocycles. The zero-order valence-electron chi connectivity index (χ0n) is 18.9. The Morgan fingerprint density at radius 3 is 2.66 bits per heavy atom. The number of carbonyl (C=O) groups excluding carboxylic acids is 2. The number of aromatic amines is 1. The molecular weight excluding hydrogens is 400 g/mol. The predicted octanol–water partition coefficient (Wildman–Crippen LogP) is 4.74. The summed E-state index contributed by atoms with van der Waals surface area (Å²) >= 11 is 0. The summed E-state index contributed by atoms with van der Waals surface area (Å²) in [6.07, 6.45) is 9.89. The van der Waals surface area contributed by atoms with Crippen LogP contribution in [0.3, 0.4) is 0 Å². The highest BCUT2D eigenvalue weighted by atomic mass is 16.2. The van der Waals surface area contributed by atoms with Gasteiger partial charge in [0, 0.05) is 45.7 Å². The number of nitrogens with one attached hydrogen (secondary N) is 1. The van der Waals surface area contributed by atoms with E-state index in [0.717, 1.165) is 30.4 Å². The first-order valence-corrected chi connectivity index (χ1v) is 11.4. The second-order valence-electron chi connectivity index (χ2n) is 9.00. The van der Waals surface area contributed by atoms with E-state index in [9.17, 15) is 9.59 Å². The maximum absolute atomic E-state index is 12.9. The number of aromatic nitrogens is 1. The second kappa shape index (κ2) is 9.44. The summed E-state index contributed by atoms with van der Waals surface area (Å²) in [5, 5.41) is 9.05. The molecule has 32 heavy (non-hydrogen) atoms. The van der Waals surface area contributed by atoms with E-state index in [1.54, 1.807) is 22.1 Å². The van der Waals surface area contributed by atoms with Crippen molar-refractivity contribution >= 4 is 17.4 Å². The zero-order chi connectivity index (χ0) is 22.7. The van der Waals surface area contributed by atoms with E-state index < -0.39 is 0 Å². The molecule has 6 nitrogen and oxygen atoms in total. The molecule has 1 fully saturated rings. The van der Waals surface area contributed by atoms with Gasteiger partial charge in [0.05, 0.1) is 11.3 Å². The standard InChI is InChI=1S/C26H30N4O2/c1-29-16-22(17-30(2)26(29)32)20-9-10-21(13-25(31)24-11-18(14-27)15-28-24)23(12-20)19-7-5-3-4-6-8-19/h7,9-12,15,22,28H,3-6,8,13,16-17H2,1-2H3. The van der Waals surface area contributed by atoms with Gasteiger partial charge in [-0.05, 0) is 54.0 Å². The average Bonchev–Trinajstić information content (AvgIpc) is 3.12. The van der Waals surface area contributed by atoms with E-state index in [1.807, 2.05) is 14.1 Å². The van der Waals surface area contributed by atoms with Crippen LogP contribution in [-0.2, 0) is 6.42 Å². The van der Waals surface area contributed by atoms with Crippen LogP contribution in [0.15, 0.2) is 36.5 Å². The molecule has 2 aromatic rings. The monoisotopic (exact) mass is 430 g/mol. The first-order chi connectivity index (χ1) is 15.5. The Morgan fingerprint density at radius 1 is 1.16 bits per heavy atom. The van der Waals surface area contributed by atoms with Gasteiger partial charge in [0.2, 0.25) is 0 Å². The maximum Gasteiger partial charge on any atom is 0.319 e. The molecule has 6 heteroatoms. The molecule has 0 spiro atoms. The topological polar surface area (TPSA) is 80.2 Å². The van der Waals surface area contributed by atoms with Crippen molar-refractivity contribution in [3.05, 3.63) is 64.5 Å². The quantitative estimate of drug-likeness (QED) is 0.696. The molecule has 1 aromatic carbocycles. The van der Waals surface area contributed by atoms with Crippen molar-refractivity contribution in [1.29, 1.82) is 5.26 Å². The molecule has 1 aliphatic carbocycles. The Balaban J connectivity index is 1.66. The van der Waals surface area contributed by atoms with Gasteiger partial charge in [-0.25, -0.2) is 4.79 Å². The zero-order valence-corrected chi connectivity index (χ0v) is 18.9. The number of hydrogen-bond acceptors (Lipinski definition) is 3. The minimum Gasteiger partial charge on any atom is -0.357 e. The minimum atomic E-state index is -0.0162. The number of hydrogen-bond donors (Lipinski definition) is 1. The number of allylic oxidation sites excluding steroid dienone is 2. The van der Waals surface area contributed by atoms with E-state index in [1.165, 1.54) is 24.0 Å². The summed E-state index contributed by atoms with van der Waals surface area (Å²) in [4.78, 5) is 31.6. The van der Waals surface area contributed by atoms with Crippen molar-refractivity contribution < 1.29 is 9.59 Å². The molecule has 1 N–H and O–H groups in total. The molecule has 1 aromatic heterocycles. The predicted molar refractivity (Wildman–Crippen MR) is 124 cm³/mol. The number of carbonyl (C=O) groups is 2. The Morgan fingerprint density at radius 2 is 1.94 bits per heavy atom. The lowest BCUT2D eigenvalue weighted by atomic mass is 9.87. The first-order valence-electron chi connectivity index (χ1n) is 11.4. The lowest BCUT2D eigenvalue weighted by Crippen LogP contribution is -2.48. The van der Waals surface area contributed by atoms with Gasteiger partial charge >= 0.3 is 6.03 Å². The third kappa shape index (κ3) is 4.62. The lowest BCUT2D eigenvalue weighted by Gasteiger charge is -2.36. The molecule has 2 aliphatic rings. The van der Waals surface area contributed by atoms with Gasteiger partial charge in [-0.15, -0.1) is 0 Å². The second-order valence-corrected chi connectivity index (χ2v) is 9.00. The normalized spacial score (nSPS) is 17.7. The van der Waals surface area contributed by atoms with Crippen molar-refractivity contribution in [3.63, 3.8) is 0 Å². The van der Waals surface area contributed by atoms with Gasteiger partial charge in [0.15, 0.2) is 5.78 Å². The Labute approximate surface area is 189 Å². The van der Waals surface area contributed by atoms with Gasteiger partial charge in [-0.1, -0.05) is 30.7 Å². The summed E-state index contributed by atoms with van der Waals surface area (Å²) in [6, 6.07) is 10.2. The highest BCUT2D eigenvalue weighted by Crippen LogP contribution is 2.33. The smallest absolute Gasteiger partial charge is 0.319 e. The van der Waals surface area contributed by atoms with E-state index in [0.29, 0.717) is 30.8 Å². The van der Waals surface area contributed by atoms with Gasteiger partial charge in [-0.2, -0.15) is 5.26 Å². The molecule has 0 atom stereocenters. The number of H-pyrrole nitrogens is 1. The van der Waals surface area contributed by atoms with Crippen LogP contribution in [-0.4, -0.2) is 53.8 Å². The summed E-state index contributed by atoms with van der Waals surface area (Å²) in [5.74, 6) is 0.219. The van der Waals surface area contributed by atoms with Crippen molar-refractivity contribution in [2.75, 3.05) is 27.2 Å². The van der Waals surface area contributed by atoms with E-state index in [-0.39, 0.29) is 17.7 Å². The highest BCUT2D eigenvalue weighted by Gasteiger charge is 2.28. The lowest BCUT2D eigenvalue weighted by molar-refractivity contribution is 0.0988. The number of nitriles is 1. The maximum atomic E-state index is 12.9. The number of Topliss-reactive ketones (excluding diaryl/α,β-unsaturated/α-hetero) is 1. The Bertz CT molecular complexity index is 1080. The van der Waals surface area contributed by atoms with Gasteiger partial charge in [0.1, 0.15) is 6.07 Å². The van der Waals surface area contributed by atoms with Crippen LogP contribution in [0.25, 0.3) is 5.57 Å². The van der Waals surface area contributed by atoms with Gasteiger partial charge < -0.3 is 14.8 Å². The van der Waals surface area contributed by atoms with E-state index in [2.05, 4.69) is 35.3 Å². The van der Waals surface area contributed by atoms with Crippen LogP contribution >= 0.6 is 0 Å². The molecule has 0 unspecified atom stereocenters. The van der Waals surface area contributed by atoms with Crippen LogP contribution in [0.4, 0.5) is 4.79 Å². The number of nitrogens with zero attached hydrogens (tertiary/aromatic N) is 3. The third-order valence-corrected chi connectivity index (χ3v) is 6.60. The largest absolute Gasteiger partial charge is 0.357 e. The molecule has 0 bridgehead atoms. The number of rotatable bonds is 5. The van der Waals surface area contributed by atoms with Gasteiger partial charge in [-0.3, -0.25) is 4.79 Å². The van der Waals surface area contributed by atoms with E-state index in [4.69, 9.17) is 5.26 Å². The van der Waals surface area contributed by atoms with Crippen LogP contribution in [0.5, 0.6) is 0 Å². The molecule has 4 rings (SSSR count). The number of urea groups is 1. The number of benzene rings is 1. The number of ketones is 1. The van der Waals surface area contributed by atoms with Gasteiger partial charge in [0.25, 0.3) is 0 Å². The fourth-order valence-electron chi connectivity index (χ4n) is 4.83. The Hall–Kier alpha value is -3.33. The van der Waals surface area contributed by atoms with Crippen molar-refractivity contribution in [1.82, 2.24) is 14.8 Å². The van der Waals surface area contributed by atoms with Crippen molar-refractivity contribution in [2.45, 2.75) is 44.4 Å². The van der Waals surface area contributed by atoms with Crippen LogP contribution in [0, 0.1) is 11.3 Å². The molecule has 0 radical (unpaired) electrons. The van der Waals surface area contributed by atoms with Crippen LogP contribution in [0.1, 0.15) is 70.8 Å². The molecule has 166 valence electrons. The van der Waals surface area contributed by atoms with E-state index >= 15 is 0 Å². The summed E-state index contributed by atoms with van der Waals surface area (Å²) in [7, 11) is 3.69.